The molecule has 0 radical (unpaired) electrons. The highest BCUT2D eigenvalue weighted by molar-refractivity contribution is 6.46. The Morgan fingerprint density at radius 2 is 1.63 bits per heavy atom. The zero-order valence-corrected chi connectivity index (χ0v) is 19.9. The lowest BCUT2D eigenvalue weighted by atomic mass is 9.95. The summed E-state index contributed by atoms with van der Waals surface area (Å²) in [5, 5.41) is 21.8. The summed E-state index contributed by atoms with van der Waals surface area (Å²) in [7, 11) is 4.50. The predicted octanol–water partition coefficient (Wildman–Crippen LogP) is 2.44. The summed E-state index contributed by atoms with van der Waals surface area (Å²) in [5.41, 5.74) is 0.886. The van der Waals surface area contributed by atoms with E-state index in [4.69, 9.17) is 14.2 Å². The molecule has 1 aliphatic rings. The van der Waals surface area contributed by atoms with E-state index < -0.39 is 23.7 Å². The molecule has 186 valence electrons. The highest BCUT2D eigenvalue weighted by Gasteiger charge is 2.46. The number of carbonyl (C=O) groups excluding carboxylic acids is 3. The van der Waals surface area contributed by atoms with Crippen molar-refractivity contribution in [2.24, 2.45) is 0 Å². The fraction of sp³-hybridized carbons (Fsp3) is 0.346. The number of rotatable bonds is 11. The summed E-state index contributed by atoms with van der Waals surface area (Å²) in [5.74, 6) is -1.50. The maximum Gasteiger partial charge on any atom is 0.295 e. The molecule has 2 aromatic carbocycles. The van der Waals surface area contributed by atoms with Crippen molar-refractivity contribution in [3.63, 3.8) is 0 Å². The van der Waals surface area contributed by atoms with Crippen LogP contribution in [0.1, 0.15) is 42.9 Å². The SMILES string of the molecule is COc1ccc(C(O)=C2C(=O)C(=O)N(CCCCCC(=O)[O-])C2c2ccc(OC)c(OC)c2)cc1. The van der Waals surface area contributed by atoms with E-state index in [2.05, 4.69) is 0 Å². The number of hydrogen-bond acceptors (Lipinski definition) is 8. The van der Waals surface area contributed by atoms with E-state index in [0.29, 0.717) is 47.6 Å². The summed E-state index contributed by atoms with van der Waals surface area (Å²) in [4.78, 5) is 38.2. The number of likely N-dealkylation sites (tertiary alicyclic amines) is 1. The number of ketones is 1. The van der Waals surface area contributed by atoms with Crippen LogP contribution < -0.4 is 19.3 Å². The number of hydrogen-bond donors (Lipinski definition) is 1. The van der Waals surface area contributed by atoms with Gasteiger partial charge in [-0.15, -0.1) is 0 Å². The number of amides is 1. The van der Waals surface area contributed by atoms with Gasteiger partial charge in [-0.25, -0.2) is 0 Å². The Hall–Kier alpha value is -4.01. The molecule has 9 nitrogen and oxygen atoms in total. The Balaban J connectivity index is 2.04. The van der Waals surface area contributed by atoms with E-state index in [9.17, 15) is 24.6 Å². The smallest absolute Gasteiger partial charge is 0.295 e. The minimum atomic E-state index is -1.13. The molecule has 9 heteroatoms. The Bertz CT molecular complexity index is 1120. The fourth-order valence-corrected chi connectivity index (χ4v) is 4.11. The number of benzene rings is 2. The van der Waals surface area contributed by atoms with Gasteiger partial charge in [-0.05, 0) is 61.2 Å². The van der Waals surface area contributed by atoms with Gasteiger partial charge in [-0.1, -0.05) is 12.5 Å². The Labute approximate surface area is 203 Å². The maximum atomic E-state index is 13.1. The Morgan fingerprint density at radius 3 is 2.23 bits per heavy atom. The van der Waals surface area contributed by atoms with Crippen molar-refractivity contribution in [2.75, 3.05) is 27.9 Å². The first-order valence-corrected chi connectivity index (χ1v) is 11.2. The number of Topliss-reactive ketones (excluding diaryl/α,β-unsaturated/α-hetero) is 1. The molecule has 3 rings (SSSR count). The average molecular weight is 483 g/mol. The Morgan fingerprint density at radius 1 is 0.943 bits per heavy atom. The van der Waals surface area contributed by atoms with Gasteiger partial charge in [0.1, 0.15) is 11.5 Å². The van der Waals surface area contributed by atoms with Crippen molar-refractivity contribution in [3.05, 3.63) is 59.2 Å². The lowest BCUT2D eigenvalue weighted by molar-refractivity contribution is -0.305. The van der Waals surface area contributed by atoms with Crippen LogP contribution in [0.5, 0.6) is 17.2 Å². The van der Waals surface area contributed by atoms with Crippen molar-refractivity contribution in [3.8, 4) is 17.2 Å². The van der Waals surface area contributed by atoms with Crippen LogP contribution in [0.3, 0.4) is 0 Å². The van der Waals surface area contributed by atoms with Crippen molar-refractivity contribution in [1.82, 2.24) is 4.90 Å². The van der Waals surface area contributed by atoms with E-state index in [1.54, 1.807) is 42.5 Å². The maximum absolute atomic E-state index is 13.1. The standard InChI is InChI=1S/C26H29NO8/c1-33-18-11-8-16(9-12-18)24(30)22-23(17-10-13-19(34-2)20(15-17)35-3)27(26(32)25(22)31)14-6-4-5-7-21(28)29/h8-13,15,23,30H,4-7,14H2,1-3H3,(H,28,29)/p-1. The highest BCUT2D eigenvalue weighted by Crippen LogP contribution is 2.42. The first-order valence-electron chi connectivity index (χ1n) is 11.2. The second-order valence-electron chi connectivity index (χ2n) is 8.02. The number of aliphatic hydroxyl groups excluding tert-OH is 1. The third-order valence-electron chi connectivity index (χ3n) is 5.91. The summed E-state index contributed by atoms with van der Waals surface area (Å²) >= 11 is 0. The average Bonchev–Trinajstić information content (AvgIpc) is 3.12. The van der Waals surface area contributed by atoms with Crippen molar-refractivity contribution in [1.29, 1.82) is 0 Å². The molecule has 1 saturated heterocycles. The van der Waals surface area contributed by atoms with Crippen molar-refractivity contribution in [2.45, 2.75) is 31.7 Å². The number of nitrogens with zero attached hydrogens (tertiary/aromatic N) is 1. The summed E-state index contributed by atoms with van der Waals surface area (Å²) in [6.45, 7) is 0.204. The number of aliphatic carboxylic acids is 1. The highest BCUT2D eigenvalue weighted by atomic mass is 16.5. The number of methoxy groups -OCH3 is 3. The molecule has 0 bridgehead atoms. The van der Waals surface area contributed by atoms with E-state index >= 15 is 0 Å². The Kier molecular flexibility index (Phi) is 8.35. The second kappa shape index (κ2) is 11.4. The van der Waals surface area contributed by atoms with Gasteiger partial charge in [0, 0.05) is 18.1 Å². The topological polar surface area (TPSA) is 125 Å². The lowest BCUT2D eigenvalue weighted by Crippen LogP contribution is -2.30. The molecule has 1 amide bonds. The summed E-state index contributed by atoms with van der Waals surface area (Å²) in [6.07, 6.45) is 1.34. The number of carboxylic acid groups (broad SMARTS) is 1. The van der Waals surface area contributed by atoms with Crippen molar-refractivity contribution < 1.29 is 38.8 Å². The molecule has 1 fully saturated rings. The molecule has 1 aliphatic heterocycles. The molecule has 0 aliphatic carbocycles. The van der Waals surface area contributed by atoms with E-state index in [1.165, 1.54) is 26.2 Å². The monoisotopic (exact) mass is 482 g/mol. The second-order valence-corrected chi connectivity index (χ2v) is 8.02. The van der Waals surface area contributed by atoms with Gasteiger partial charge in [-0.3, -0.25) is 9.59 Å². The fourth-order valence-electron chi connectivity index (χ4n) is 4.11. The molecule has 35 heavy (non-hydrogen) atoms. The first kappa shape index (κ1) is 25.6. The number of carbonyl (C=O) groups is 3. The summed E-state index contributed by atoms with van der Waals surface area (Å²) < 4.78 is 15.9. The molecule has 1 unspecified atom stereocenters. The van der Waals surface area contributed by atoms with Crippen LogP contribution in [0.4, 0.5) is 0 Å². The lowest BCUT2D eigenvalue weighted by Gasteiger charge is -2.26. The number of aliphatic hydroxyl groups is 1. The third-order valence-corrected chi connectivity index (χ3v) is 5.91. The zero-order chi connectivity index (χ0) is 25.5. The first-order chi connectivity index (χ1) is 16.8. The predicted molar refractivity (Wildman–Crippen MR) is 125 cm³/mol. The number of unbranched alkanes of at least 4 members (excludes halogenated alkanes) is 2. The molecule has 1 N–H and O–H groups in total. The molecule has 1 atom stereocenters. The molecular formula is C26H28NO8-. The normalized spacial score (nSPS) is 16.9. The van der Waals surface area contributed by atoms with Crippen LogP contribution in [0, 0.1) is 0 Å². The van der Waals surface area contributed by atoms with Gasteiger partial charge in [0.15, 0.2) is 11.5 Å². The molecule has 2 aromatic rings. The quantitative estimate of drug-likeness (QED) is 0.224. The van der Waals surface area contributed by atoms with E-state index in [-0.39, 0.29) is 24.3 Å². The molecular weight excluding hydrogens is 454 g/mol. The molecule has 0 aromatic heterocycles. The third kappa shape index (κ3) is 5.56. The van der Waals surface area contributed by atoms with Gasteiger partial charge in [0.25, 0.3) is 11.7 Å². The van der Waals surface area contributed by atoms with Crippen LogP contribution >= 0.6 is 0 Å². The molecule has 0 spiro atoms. The molecule has 1 heterocycles. The molecule has 0 saturated carbocycles. The van der Waals surface area contributed by atoms with Gasteiger partial charge in [0.2, 0.25) is 0 Å². The van der Waals surface area contributed by atoms with Crippen LogP contribution in [-0.4, -0.2) is 55.5 Å². The minimum absolute atomic E-state index is 0.0397. The summed E-state index contributed by atoms with van der Waals surface area (Å²) in [6, 6.07) is 10.7. The van der Waals surface area contributed by atoms with Crippen LogP contribution in [0.25, 0.3) is 5.76 Å². The minimum Gasteiger partial charge on any atom is -0.550 e. The number of ether oxygens (including phenoxy) is 3. The van der Waals surface area contributed by atoms with Gasteiger partial charge in [-0.2, -0.15) is 0 Å². The van der Waals surface area contributed by atoms with Crippen LogP contribution in [-0.2, 0) is 14.4 Å². The van der Waals surface area contributed by atoms with E-state index in [1.807, 2.05) is 0 Å². The van der Waals surface area contributed by atoms with E-state index in [0.717, 1.165) is 0 Å². The van der Waals surface area contributed by atoms with Crippen LogP contribution in [0.15, 0.2) is 48.0 Å². The van der Waals surface area contributed by atoms with Gasteiger partial charge in [0.05, 0.1) is 32.9 Å². The zero-order valence-electron chi connectivity index (χ0n) is 19.9. The largest absolute Gasteiger partial charge is 0.550 e. The van der Waals surface area contributed by atoms with Gasteiger partial charge < -0.3 is 34.1 Å². The van der Waals surface area contributed by atoms with Crippen molar-refractivity contribution >= 4 is 23.4 Å². The van der Waals surface area contributed by atoms with Gasteiger partial charge >= 0.3 is 0 Å². The number of carboxylic acids is 1. The van der Waals surface area contributed by atoms with Crippen LogP contribution in [0.2, 0.25) is 0 Å².